The summed E-state index contributed by atoms with van der Waals surface area (Å²) in [6.45, 7) is 9.55. The molecule has 1 amide bonds. The second kappa shape index (κ2) is 13.1. The summed E-state index contributed by atoms with van der Waals surface area (Å²) in [5.41, 5.74) is 7.13. The molecule has 1 unspecified atom stereocenters. The number of aryl methyl sites for hydroxylation is 1. The topological polar surface area (TPSA) is 52.6 Å². The summed E-state index contributed by atoms with van der Waals surface area (Å²) >= 11 is 0. The van der Waals surface area contributed by atoms with Crippen LogP contribution >= 0.6 is 0 Å². The number of nitrogens with one attached hydrogen (secondary N) is 1. The Morgan fingerprint density at radius 1 is 1.14 bits per heavy atom. The van der Waals surface area contributed by atoms with Crippen LogP contribution in [0, 0.1) is 6.92 Å². The fourth-order valence-corrected chi connectivity index (χ4v) is 4.63. The van der Waals surface area contributed by atoms with Crippen molar-refractivity contribution in [2.45, 2.75) is 65.9 Å². The number of anilines is 1. The van der Waals surface area contributed by atoms with E-state index in [1.54, 1.807) is 0 Å². The number of carbonyl (C=O) groups is 1. The lowest BCUT2D eigenvalue weighted by atomic mass is 9.96. The monoisotopic (exact) mass is 472 g/mol. The van der Waals surface area contributed by atoms with Crippen molar-refractivity contribution >= 4 is 17.3 Å². The third-order valence-corrected chi connectivity index (χ3v) is 6.38. The van der Waals surface area contributed by atoms with Gasteiger partial charge in [0, 0.05) is 25.2 Å². The molecule has 1 heterocycles. The zero-order valence-electron chi connectivity index (χ0n) is 21.7. The van der Waals surface area contributed by atoms with Crippen LogP contribution in [0.5, 0.6) is 0 Å². The number of aliphatic hydroxyl groups is 1. The van der Waals surface area contributed by atoms with Crippen LogP contribution in [-0.4, -0.2) is 24.1 Å². The van der Waals surface area contributed by atoms with Crippen molar-refractivity contribution < 1.29 is 9.90 Å². The van der Waals surface area contributed by atoms with Crippen LogP contribution in [0.4, 0.5) is 5.69 Å². The van der Waals surface area contributed by atoms with E-state index in [9.17, 15) is 9.90 Å². The van der Waals surface area contributed by atoms with Gasteiger partial charge in [-0.05, 0) is 54.5 Å². The first-order valence-corrected chi connectivity index (χ1v) is 13.1. The fraction of sp³-hybridized carbons (Fsp3) is 0.387. The maximum absolute atomic E-state index is 12.7. The van der Waals surface area contributed by atoms with Gasteiger partial charge in [0.15, 0.2) is 0 Å². The fourth-order valence-electron chi connectivity index (χ4n) is 4.63. The van der Waals surface area contributed by atoms with Crippen molar-refractivity contribution in [3.8, 4) is 0 Å². The Morgan fingerprint density at radius 2 is 1.91 bits per heavy atom. The molecule has 0 spiro atoms. The number of para-hydroxylation sites is 1. The summed E-state index contributed by atoms with van der Waals surface area (Å²) < 4.78 is 0. The zero-order chi connectivity index (χ0) is 25.2. The first-order valence-electron chi connectivity index (χ1n) is 13.1. The summed E-state index contributed by atoms with van der Waals surface area (Å²) in [4.78, 5) is 14.9. The predicted molar refractivity (Wildman–Crippen MR) is 148 cm³/mol. The third kappa shape index (κ3) is 6.52. The van der Waals surface area contributed by atoms with Gasteiger partial charge in [-0.15, -0.1) is 0 Å². The largest absolute Gasteiger partial charge is 0.388 e. The number of aliphatic hydroxyl groups excluding tert-OH is 1. The highest BCUT2D eigenvalue weighted by Crippen LogP contribution is 2.34. The van der Waals surface area contributed by atoms with Crippen LogP contribution in [0.3, 0.4) is 0 Å². The molecule has 1 aliphatic heterocycles. The minimum Gasteiger partial charge on any atom is -0.388 e. The molecular weight excluding hydrogens is 432 g/mol. The normalized spacial score (nSPS) is 16.4. The molecule has 1 aliphatic carbocycles. The van der Waals surface area contributed by atoms with Gasteiger partial charge in [0.05, 0.1) is 17.4 Å². The SMILES string of the molecule is CC.CCC/C=C(\c1ccc(C(O)CC2=CCCC=C2)cc1)N1CCNC(=O)c2cccc(C)c21. The lowest BCUT2D eigenvalue weighted by Gasteiger charge is -2.29. The van der Waals surface area contributed by atoms with Gasteiger partial charge in [-0.3, -0.25) is 4.79 Å². The van der Waals surface area contributed by atoms with Crippen molar-refractivity contribution in [3.63, 3.8) is 0 Å². The predicted octanol–water partition coefficient (Wildman–Crippen LogP) is 7.11. The number of nitrogens with zero attached hydrogens (tertiary/aromatic N) is 1. The minimum atomic E-state index is -0.515. The summed E-state index contributed by atoms with van der Waals surface area (Å²) in [7, 11) is 0. The molecule has 4 heteroatoms. The van der Waals surface area contributed by atoms with Gasteiger partial charge in [-0.2, -0.15) is 0 Å². The number of benzene rings is 2. The lowest BCUT2D eigenvalue weighted by molar-refractivity contribution is 0.0958. The van der Waals surface area contributed by atoms with E-state index < -0.39 is 6.10 Å². The van der Waals surface area contributed by atoms with E-state index in [4.69, 9.17) is 0 Å². The van der Waals surface area contributed by atoms with E-state index in [1.165, 1.54) is 5.57 Å². The molecule has 4 nitrogen and oxygen atoms in total. The first kappa shape index (κ1) is 26.5. The number of allylic oxidation sites excluding steroid dienone is 4. The number of carbonyl (C=O) groups excluding carboxylic acids is 1. The van der Waals surface area contributed by atoms with Crippen LogP contribution in [0.2, 0.25) is 0 Å². The Balaban J connectivity index is 0.00000167. The summed E-state index contributed by atoms with van der Waals surface area (Å²) in [6.07, 6.45) is 13.1. The van der Waals surface area contributed by atoms with E-state index in [1.807, 2.05) is 38.1 Å². The minimum absolute atomic E-state index is 0.0180. The van der Waals surface area contributed by atoms with Crippen molar-refractivity contribution in [3.05, 3.63) is 94.6 Å². The smallest absolute Gasteiger partial charge is 0.253 e. The molecule has 2 aromatic rings. The lowest BCUT2D eigenvalue weighted by Crippen LogP contribution is -2.29. The standard InChI is InChI=1S/C29H34N2O2.C2H6/c1-3-4-13-26(31-19-18-30-29(33)25-12-8-9-21(2)28(25)31)23-14-16-24(17-15-23)27(32)20-22-10-6-5-7-11-22;1-2/h6,8-17,27,32H,3-5,7,18-20H2,1-2H3,(H,30,33);1-2H3/b26-13+;. The van der Waals surface area contributed by atoms with Gasteiger partial charge in [-0.25, -0.2) is 0 Å². The summed E-state index contributed by atoms with van der Waals surface area (Å²) in [6, 6.07) is 14.2. The number of rotatable bonds is 7. The highest BCUT2D eigenvalue weighted by Gasteiger charge is 2.25. The van der Waals surface area contributed by atoms with Crippen LogP contribution < -0.4 is 10.2 Å². The van der Waals surface area contributed by atoms with Crippen molar-refractivity contribution in [2.75, 3.05) is 18.0 Å². The van der Waals surface area contributed by atoms with Crippen LogP contribution in [-0.2, 0) is 0 Å². The van der Waals surface area contributed by atoms with Gasteiger partial charge < -0.3 is 15.3 Å². The molecule has 0 saturated heterocycles. The Morgan fingerprint density at radius 3 is 2.60 bits per heavy atom. The Bertz CT molecular complexity index is 1080. The number of hydrogen-bond acceptors (Lipinski definition) is 3. The first-order chi connectivity index (χ1) is 17.1. The highest BCUT2D eigenvalue weighted by atomic mass is 16.3. The van der Waals surface area contributed by atoms with Crippen LogP contribution in [0.15, 0.2) is 72.3 Å². The quantitative estimate of drug-likeness (QED) is 0.451. The van der Waals surface area contributed by atoms with Gasteiger partial charge in [0.1, 0.15) is 0 Å². The van der Waals surface area contributed by atoms with Crippen molar-refractivity contribution in [1.29, 1.82) is 0 Å². The molecule has 4 rings (SSSR count). The molecule has 186 valence electrons. The van der Waals surface area contributed by atoms with Gasteiger partial charge in [0.25, 0.3) is 5.91 Å². The maximum Gasteiger partial charge on any atom is 0.253 e. The number of fused-ring (bicyclic) bond motifs is 1. The molecule has 0 bridgehead atoms. The van der Waals surface area contributed by atoms with E-state index in [2.05, 4.69) is 66.6 Å². The average Bonchev–Trinajstić information content (AvgIpc) is 3.06. The van der Waals surface area contributed by atoms with Gasteiger partial charge in [-0.1, -0.05) is 87.9 Å². The Labute approximate surface area is 211 Å². The second-order valence-electron chi connectivity index (χ2n) is 8.86. The van der Waals surface area contributed by atoms with E-state index >= 15 is 0 Å². The van der Waals surface area contributed by atoms with E-state index in [0.29, 0.717) is 19.5 Å². The zero-order valence-corrected chi connectivity index (χ0v) is 21.7. The van der Waals surface area contributed by atoms with E-state index in [-0.39, 0.29) is 5.91 Å². The van der Waals surface area contributed by atoms with Crippen LogP contribution in [0.1, 0.15) is 86.0 Å². The average molecular weight is 473 g/mol. The van der Waals surface area contributed by atoms with Crippen molar-refractivity contribution in [1.82, 2.24) is 5.32 Å². The molecular formula is C31H40N2O2. The maximum atomic E-state index is 12.7. The van der Waals surface area contributed by atoms with Crippen LogP contribution in [0.25, 0.3) is 5.70 Å². The highest BCUT2D eigenvalue weighted by molar-refractivity contribution is 6.03. The molecule has 0 radical (unpaired) electrons. The number of unbranched alkanes of at least 4 members (excludes halogenated alkanes) is 1. The molecule has 2 aliphatic rings. The molecule has 0 fully saturated rings. The Kier molecular flexibility index (Phi) is 9.92. The van der Waals surface area contributed by atoms with E-state index in [0.717, 1.165) is 59.3 Å². The second-order valence-corrected chi connectivity index (χ2v) is 8.86. The van der Waals surface area contributed by atoms with Crippen molar-refractivity contribution in [2.24, 2.45) is 0 Å². The van der Waals surface area contributed by atoms with Gasteiger partial charge >= 0.3 is 0 Å². The molecule has 1 atom stereocenters. The summed E-state index contributed by atoms with van der Waals surface area (Å²) in [5.74, 6) is -0.0180. The molecule has 0 saturated carbocycles. The number of amides is 1. The molecule has 35 heavy (non-hydrogen) atoms. The molecule has 0 aromatic heterocycles. The number of hydrogen-bond donors (Lipinski definition) is 2. The molecule has 2 aromatic carbocycles. The molecule has 2 N–H and O–H groups in total. The summed E-state index contributed by atoms with van der Waals surface area (Å²) in [5, 5.41) is 13.8. The van der Waals surface area contributed by atoms with Gasteiger partial charge in [0.2, 0.25) is 0 Å². The Hall–Kier alpha value is -3.11. The third-order valence-electron chi connectivity index (χ3n) is 6.38.